The van der Waals surface area contributed by atoms with Crippen LogP contribution in [0.25, 0.3) is 0 Å². The average molecular weight is 301 g/mol. The first-order chi connectivity index (χ1) is 8.58. The molecule has 0 spiro atoms. The Morgan fingerprint density at radius 3 is 2.78 bits per heavy atom. The van der Waals surface area contributed by atoms with Crippen LogP contribution in [0.2, 0.25) is 9.49 Å². The van der Waals surface area contributed by atoms with E-state index in [0.717, 1.165) is 4.88 Å². The largest absolute Gasteiger partial charge is 0.336 e. The van der Waals surface area contributed by atoms with Crippen LogP contribution in [0, 0.1) is 0 Å². The lowest BCUT2D eigenvalue weighted by Gasteiger charge is -2.16. The zero-order valence-electron chi connectivity index (χ0n) is 9.56. The van der Waals surface area contributed by atoms with Crippen molar-refractivity contribution in [1.29, 1.82) is 0 Å². The lowest BCUT2D eigenvalue weighted by Crippen LogP contribution is -2.26. The van der Waals surface area contributed by atoms with Crippen molar-refractivity contribution < 1.29 is 4.79 Å². The van der Waals surface area contributed by atoms with Crippen LogP contribution in [0.3, 0.4) is 0 Å². The third-order valence-electron chi connectivity index (χ3n) is 2.36. The standard InChI is InChI=1S/C12H10Cl2N2OS/c1-16(7-8-4-5-10(13)18-8)12(17)9-3-2-6-15-11(9)14/h2-6H,7H2,1H3. The van der Waals surface area contributed by atoms with E-state index in [2.05, 4.69) is 4.98 Å². The van der Waals surface area contributed by atoms with Crippen molar-refractivity contribution in [2.24, 2.45) is 0 Å². The third kappa shape index (κ3) is 3.02. The second kappa shape index (κ2) is 5.69. The van der Waals surface area contributed by atoms with Gasteiger partial charge >= 0.3 is 0 Å². The summed E-state index contributed by atoms with van der Waals surface area (Å²) in [5.74, 6) is -0.155. The predicted molar refractivity (Wildman–Crippen MR) is 74.4 cm³/mol. The van der Waals surface area contributed by atoms with Gasteiger partial charge in [0.2, 0.25) is 0 Å². The Bertz CT molecular complexity index is 571. The number of hydrogen-bond donors (Lipinski definition) is 0. The summed E-state index contributed by atoms with van der Waals surface area (Å²) >= 11 is 13.2. The van der Waals surface area contributed by atoms with Crippen molar-refractivity contribution in [3.05, 3.63) is 50.4 Å². The highest BCUT2D eigenvalue weighted by atomic mass is 35.5. The average Bonchev–Trinajstić information content (AvgIpc) is 2.74. The SMILES string of the molecule is CN(Cc1ccc(Cl)s1)C(=O)c1cccnc1Cl. The number of carbonyl (C=O) groups excluding carboxylic acids is 1. The summed E-state index contributed by atoms with van der Waals surface area (Å²) in [5, 5.41) is 0.221. The molecule has 0 aliphatic heterocycles. The monoisotopic (exact) mass is 300 g/mol. The van der Waals surface area contributed by atoms with Crippen LogP contribution < -0.4 is 0 Å². The Morgan fingerprint density at radius 1 is 1.39 bits per heavy atom. The molecule has 18 heavy (non-hydrogen) atoms. The fourth-order valence-electron chi connectivity index (χ4n) is 1.49. The molecule has 2 heterocycles. The van der Waals surface area contributed by atoms with Crippen LogP contribution in [0.5, 0.6) is 0 Å². The topological polar surface area (TPSA) is 33.2 Å². The molecule has 0 aliphatic carbocycles. The number of amides is 1. The highest BCUT2D eigenvalue weighted by molar-refractivity contribution is 7.16. The maximum atomic E-state index is 12.1. The van der Waals surface area contributed by atoms with Gasteiger partial charge in [-0.15, -0.1) is 11.3 Å². The zero-order valence-corrected chi connectivity index (χ0v) is 11.9. The Balaban J connectivity index is 2.12. The van der Waals surface area contributed by atoms with Gasteiger partial charge in [-0.3, -0.25) is 4.79 Å². The molecule has 2 aromatic heterocycles. The Morgan fingerprint density at radius 2 is 2.17 bits per heavy atom. The van der Waals surface area contributed by atoms with E-state index in [-0.39, 0.29) is 11.1 Å². The van der Waals surface area contributed by atoms with E-state index in [9.17, 15) is 4.79 Å². The van der Waals surface area contributed by atoms with Crippen molar-refractivity contribution in [3.63, 3.8) is 0 Å². The summed E-state index contributed by atoms with van der Waals surface area (Å²) in [4.78, 5) is 18.7. The van der Waals surface area contributed by atoms with Crippen LogP contribution >= 0.6 is 34.5 Å². The highest BCUT2D eigenvalue weighted by Gasteiger charge is 2.16. The van der Waals surface area contributed by atoms with Gasteiger partial charge in [0.1, 0.15) is 5.15 Å². The van der Waals surface area contributed by atoms with Gasteiger partial charge in [-0.2, -0.15) is 0 Å². The van der Waals surface area contributed by atoms with Gasteiger partial charge in [-0.25, -0.2) is 4.98 Å². The van der Waals surface area contributed by atoms with Gasteiger partial charge in [0.15, 0.2) is 0 Å². The molecule has 94 valence electrons. The van der Waals surface area contributed by atoms with E-state index in [1.54, 1.807) is 30.3 Å². The third-order valence-corrected chi connectivity index (χ3v) is 3.88. The fraction of sp³-hybridized carbons (Fsp3) is 0.167. The molecule has 2 rings (SSSR count). The fourth-order valence-corrected chi connectivity index (χ4v) is 2.83. The van der Waals surface area contributed by atoms with Gasteiger partial charge < -0.3 is 4.90 Å². The maximum absolute atomic E-state index is 12.1. The molecule has 2 aromatic rings. The molecular formula is C12H10Cl2N2OS. The Hall–Kier alpha value is -1.10. The van der Waals surface area contributed by atoms with Crippen LogP contribution in [0.4, 0.5) is 0 Å². The van der Waals surface area contributed by atoms with Crippen molar-refractivity contribution in [1.82, 2.24) is 9.88 Å². The maximum Gasteiger partial charge on any atom is 0.257 e. The number of carbonyl (C=O) groups is 1. The van der Waals surface area contributed by atoms with E-state index in [0.29, 0.717) is 16.4 Å². The van der Waals surface area contributed by atoms with E-state index < -0.39 is 0 Å². The molecule has 0 radical (unpaired) electrons. The molecule has 0 unspecified atom stereocenters. The second-order valence-electron chi connectivity index (χ2n) is 3.71. The van der Waals surface area contributed by atoms with Crippen LogP contribution in [0.15, 0.2) is 30.5 Å². The minimum Gasteiger partial charge on any atom is -0.336 e. The number of rotatable bonds is 3. The second-order valence-corrected chi connectivity index (χ2v) is 5.87. The lowest BCUT2D eigenvalue weighted by molar-refractivity contribution is 0.0786. The first-order valence-corrected chi connectivity index (χ1v) is 6.75. The van der Waals surface area contributed by atoms with Gasteiger partial charge in [0.25, 0.3) is 5.91 Å². The minimum atomic E-state index is -0.155. The van der Waals surface area contributed by atoms with E-state index >= 15 is 0 Å². The molecule has 0 aromatic carbocycles. The van der Waals surface area contributed by atoms with Gasteiger partial charge in [0, 0.05) is 18.1 Å². The lowest BCUT2D eigenvalue weighted by atomic mass is 10.2. The highest BCUT2D eigenvalue weighted by Crippen LogP contribution is 2.23. The van der Waals surface area contributed by atoms with Gasteiger partial charge in [-0.05, 0) is 24.3 Å². The summed E-state index contributed by atoms with van der Waals surface area (Å²) < 4.78 is 0.713. The Labute approximate surface area is 119 Å². The molecule has 6 heteroatoms. The molecule has 0 aliphatic rings. The van der Waals surface area contributed by atoms with Crippen molar-refractivity contribution in [3.8, 4) is 0 Å². The van der Waals surface area contributed by atoms with E-state index in [1.165, 1.54) is 11.3 Å². The first-order valence-electron chi connectivity index (χ1n) is 5.18. The smallest absolute Gasteiger partial charge is 0.257 e. The summed E-state index contributed by atoms with van der Waals surface area (Å²) in [6.45, 7) is 0.501. The number of nitrogens with zero attached hydrogens (tertiary/aromatic N) is 2. The number of pyridine rings is 1. The molecule has 0 saturated carbocycles. The van der Waals surface area contributed by atoms with Crippen molar-refractivity contribution in [2.45, 2.75) is 6.54 Å². The van der Waals surface area contributed by atoms with E-state index in [1.807, 2.05) is 12.1 Å². The quantitative estimate of drug-likeness (QED) is 0.809. The van der Waals surface area contributed by atoms with Gasteiger partial charge in [-0.1, -0.05) is 23.2 Å². The molecule has 0 bridgehead atoms. The van der Waals surface area contributed by atoms with Crippen LogP contribution in [-0.4, -0.2) is 22.8 Å². The molecule has 0 saturated heterocycles. The van der Waals surface area contributed by atoms with Crippen molar-refractivity contribution >= 4 is 40.4 Å². The van der Waals surface area contributed by atoms with Crippen molar-refractivity contribution in [2.75, 3.05) is 7.05 Å². The number of thiophene rings is 1. The number of hydrogen-bond acceptors (Lipinski definition) is 3. The van der Waals surface area contributed by atoms with Gasteiger partial charge in [0.05, 0.1) is 16.4 Å². The molecule has 0 fully saturated rings. The summed E-state index contributed by atoms with van der Waals surface area (Å²) in [7, 11) is 1.72. The molecule has 3 nitrogen and oxygen atoms in total. The van der Waals surface area contributed by atoms with E-state index in [4.69, 9.17) is 23.2 Å². The van der Waals surface area contributed by atoms with Crippen LogP contribution in [-0.2, 0) is 6.54 Å². The molecule has 0 N–H and O–H groups in total. The Kier molecular flexibility index (Phi) is 4.22. The normalized spacial score (nSPS) is 10.4. The predicted octanol–water partition coefficient (Wildman–Crippen LogP) is 3.72. The molecular weight excluding hydrogens is 291 g/mol. The molecule has 0 atom stereocenters. The molecule has 1 amide bonds. The number of aromatic nitrogens is 1. The summed E-state index contributed by atoms with van der Waals surface area (Å²) in [5.41, 5.74) is 0.407. The summed E-state index contributed by atoms with van der Waals surface area (Å²) in [6.07, 6.45) is 1.55. The zero-order chi connectivity index (χ0) is 13.1. The minimum absolute atomic E-state index is 0.155. The van der Waals surface area contributed by atoms with Crippen LogP contribution in [0.1, 0.15) is 15.2 Å². The first kappa shape index (κ1) is 13.3. The number of halogens is 2. The summed E-state index contributed by atoms with van der Waals surface area (Å²) in [6, 6.07) is 7.07.